The lowest BCUT2D eigenvalue weighted by Crippen LogP contribution is -2.16. The van der Waals surface area contributed by atoms with E-state index in [1.165, 1.54) is 5.56 Å². The highest BCUT2D eigenvalue weighted by atomic mass is 15.2. The molecule has 0 bridgehead atoms. The topological polar surface area (TPSA) is 41.0 Å². The number of hydrogen-bond acceptors (Lipinski definition) is 4. The van der Waals surface area contributed by atoms with E-state index in [2.05, 4.69) is 79.5 Å². The summed E-state index contributed by atoms with van der Waals surface area (Å²) in [6.07, 6.45) is 0. The maximum Gasteiger partial charge on any atom is 0.148 e. The molecule has 0 amide bonds. The van der Waals surface area contributed by atoms with Crippen molar-refractivity contribution in [1.82, 2.24) is 15.1 Å². The molecule has 0 saturated carbocycles. The first-order chi connectivity index (χ1) is 9.97. The monoisotopic (exact) mass is 284 g/mol. The van der Waals surface area contributed by atoms with Crippen molar-refractivity contribution in [2.75, 3.05) is 19.4 Å². The van der Waals surface area contributed by atoms with Gasteiger partial charge in [-0.15, -0.1) is 10.2 Å². The molecule has 4 nitrogen and oxygen atoms in total. The second-order valence-corrected chi connectivity index (χ2v) is 5.86. The van der Waals surface area contributed by atoms with Crippen LogP contribution in [0.5, 0.6) is 0 Å². The number of rotatable bonds is 5. The zero-order valence-electron chi connectivity index (χ0n) is 13.5. The van der Waals surface area contributed by atoms with Crippen LogP contribution >= 0.6 is 0 Å². The van der Waals surface area contributed by atoms with Gasteiger partial charge in [-0.05, 0) is 52.6 Å². The van der Waals surface area contributed by atoms with Crippen molar-refractivity contribution in [3.8, 4) is 11.3 Å². The zero-order chi connectivity index (χ0) is 15.4. The molecule has 4 heteroatoms. The van der Waals surface area contributed by atoms with Crippen LogP contribution < -0.4 is 5.32 Å². The van der Waals surface area contributed by atoms with Crippen LogP contribution in [0, 0.1) is 0 Å². The molecule has 0 aliphatic carbocycles. The van der Waals surface area contributed by atoms with Crippen molar-refractivity contribution in [2.24, 2.45) is 0 Å². The fourth-order valence-electron chi connectivity index (χ4n) is 2.09. The summed E-state index contributed by atoms with van der Waals surface area (Å²) in [5.74, 6) is 0.812. The molecule has 1 aromatic carbocycles. The minimum absolute atomic E-state index is 0.358. The van der Waals surface area contributed by atoms with Gasteiger partial charge in [0.25, 0.3) is 0 Å². The molecule has 0 fully saturated rings. The number of benzene rings is 1. The summed E-state index contributed by atoms with van der Waals surface area (Å²) in [4.78, 5) is 2.20. The lowest BCUT2D eigenvalue weighted by Gasteiger charge is -2.20. The standard InChI is InChI=1S/C17H24N4/c1-12(2)18-17-11-10-16(19-20-17)15-8-6-14(7-9-15)13(3)21(4)5/h6-13H,1-5H3,(H,18,20). The van der Waals surface area contributed by atoms with E-state index in [-0.39, 0.29) is 0 Å². The first kappa shape index (κ1) is 15.4. The fourth-order valence-corrected chi connectivity index (χ4v) is 2.09. The van der Waals surface area contributed by atoms with Gasteiger partial charge in [0.1, 0.15) is 5.82 Å². The maximum atomic E-state index is 4.29. The summed E-state index contributed by atoms with van der Waals surface area (Å²) >= 11 is 0. The molecule has 1 unspecified atom stereocenters. The van der Waals surface area contributed by atoms with Crippen molar-refractivity contribution in [3.05, 3.63) is 42.0 Å². The summed E-state index contributed by atoms with van der Waals surface area (Å²) in [5, 5.41) is 11.7. The van der Waals surface area contributed by atoms with Gasteiger partial charge in [-0.3, -0.25) is 0 Å². The van der Waals surface area contributed by atoms with Crippen LogP contribution in [0.4, 0.5) is 5.82 Å². The number of anilines is 1. The minimum Gasteiger partial charge on any atom is -0.366 e. The van der Waals surface area contributed by atoms with E-state index in [0.717, 1.165) is 17.1 Å². The van der Waals surface area contributed by atoms with Gasteiger partial charge in [0.2, 0.25) is 0 Å². The third-order valence-corrected chi connectivity index (χ3v) is 3.56. The largest absolute Gasteiger partial charge is 0.366 e. The Kier molecular flexibility index (Phi) is 4.91. The van der Waals surface area contributed by atoms with Gasteiger partial charge in [0.15, 0.2) is 0 Å². The smallest absolute Gasteiger partial charge is 0.148 e. The van der Waals surface area contributed by atoms with E-state index in [1.54, 1.807) is 0 Å². The molecule has 2 aromatic rings. The Morgan fingerprint density at radius 3 is 2.05 bits per heavy atom. The number of aromatic nitrogens is 2. The van der Waals surface area contributed by atoms with Gasteiger partial charge in [-0.2, -0.15) is 0 Å². The minimum atomic E-state index is 0.358. The predicted molar refractivity (Wildman–Crippen MR) is 88.3 cm³/mol. The molecule has 1 atom stereocenters. The zero-order valence-corrected chi connectivity index (χ0v) is 13.5. The lowest BCUT2D eigenvalue weighted by atomic mass is 10.0. The highest BCUT2D eigenvalue weighted by Gasteiger charge is 2.08. The Hall–Kier alpha value is -1.94. The molecule has 1 heterocycles. The molecule has 21 heavy (non-hydrogen) atoms. The van der Waals surface area contributed by atoms with Crippen LogP contribution in [0.3, 0.4) is 0 Å². The van der Waals surface area contributed by atoms with Crippen LogP contribution in [0.25, 0.3) is 11.3 Å². The number of hydrogen-bond donors (Lipinski definition) is 1. The summed E-state index contributed by atoms with van der Waals surface area (Å²) in [6.45, 7) is 6.36. The Bertz CT molecular complexity index is 558. The van der Waals surface area contributed by atoms with Crippen LogP contribution in [-0.4, -0.2) is 35.2 Å². The lowest BCUT2D eigenvalue weighted by molar-refractivity contribution is 0.321. The summed E-state index contributed by atoms with van der Waals surface area (Å²) in [6, 6.07) is 13.3. The number of nitrogens with one attached hydrogen (secondary N) is 1. The molecule has 112 valence electrons. The first-order valence-corrected chi connectivity index (χ1v) is 7.34. The summed E-state index contributed by atoms with van der Waals surface area (Å²) < 4.78 is 0. The van der Waals surface area contributed by atoms with Crippen LogP contribution in [0.1, 0.15) is 32.4 Å². The van der Waals surface area contributed by atoms with Crippen molar-refractivity contribution >= 4 is 5.82 Å². The Balaban J connectivity index is 2.15. The highest BCUT2D eigenvalue weighted by molar-refractivity contribution is 5.60. The average molecular weight is 284 g/mol. The molecule has 1 N–H and O–H groups in total. The molecule has 1 aromatic heterocycles. The molecule has 0 saturated heterocycles. The Morgan fingerprint density at radius 1 is 0.905 bits per heavy atom. The fraction of sp³-hybridized carbons (Fsp3) is 0.412. The quantitative estimate of drug-likeness (QED) is 0.911. The summed E-state index contributed by atoms with van der Waals surface area (Å²) in [7, 11) is 4.18. The van der Waals surface area contributed by atoms with Crippen LogP contribution in [0.15, 0.2) is 36.4 Å². The van der Waals surface area contributed by atoms with E-state index < -0.39 is 0 Å². The van der Waals surface area contributed by atoms with Crippen LogP contribution in [-0.2, 0) is 0 Å². The van der Waals surface area contributed by atoms with Gasteiger partial charge in [0, 0.05) is 17.6 Å². The van der Waals surface area contributed by atoms with Gasteiger partial charge in [-0.25, -0.2) is 0 Å². The summed E-state index contributed by atoms with van der Waals surface area (Å²) in [5.41, 5.74) is 3.29. The average Bonchev–Trinajstić information content (AvgIpc) is 2.47. The van der Waals surface area contributed by atoms with Gasteiger partial charge >= 0.3 is 0 Å². The predicted octanol–water partition coefficient (Wildman–Crippen LogP) is 3.59. The molecule has 0 spiro atoms. The molecule has 0 aliphatic heterocycles. The third kappa shape index (κ3) is 4.02. The molecule has 2 rings (SSSR count). The number of nitrogens with zero attached hydrogens (tertiary/aromatic N) is 3. The molecular formula is C17H24N4. The van der Waals surface area contributed by atoms with E-state index in [9.17, 15) is 0 Å². The Morgan fingerprint density at radius 2 is 1.57 bits per heavy atom. The second kappa shape index (κ2) is 6.68. The molecule has 0 aliphatic rings. The van der Waals surface area contributed by atoms with E-state index in [1.807, 2.05) is 12.1 Å². The third-order valence-electron chi connectivity index (χ3n) is 3.56. The van der Waals surface area contributed by atoms with Gasteiger partial charge < -0.3 is 10.2 Å². The van der Waals surface area contributed by atoms with E-state index >= 15 is 0 Å². The first-order valence-electron chi connectivity index (χ1n) is 7.34. The normalized spacial score (nSPS) is 12.7. The van der Waals surface area contributed by atoms with Crippen molar-refractivity contribution in [3.63, 3.8) is 0 Å². The van der Waals surface area contributed by atoms with E-state index in [4.69, 9.17) is 0 Å². The van der Waals surface area contributed by atoms with Gasteiger partial charge in [0.05, 0.1) is 5.69 Å². The Labute approximate surface area is 127 Å². The van der Waals surface area contributed by atoms with Crippen molar-refractivity contribution in [2.45, 2.75) is 32.9 Å². The maximum absolute atomic E-state index is 4.29. The molecule has 0 radical (unpaired) electrons. The van der Waals surface area contributed by atoms with Gasteiger partial charge in [-0.1, -0.05) is 24.3 Å². The SMILES string of the molecule is CC(C)Nc1ccc(-c2ccc(C(C)N(C)C)cc2)nn1. The van der Waals surface area contributed by atoms with E-state index in [0.29, 0.717) is 12.1 Å². The highest BCUT2D eigenvalue weighted by Crippen LogP contribution is 2.22. The van der Waals surface area contributed by atoms with Crippen molar-refractivity contribution in [1.29, 1.82) is 0 Å². The molecular weight excluding hydrogens is 260 g/mol. The van der Waals surface area contributed by atoms with Crippen molar-refractivity contribution < 1.29 is 0 Å². The second-order valence-electron chi connectivity index (χ2n) is 5.86. The van der Waals surface area contributed by atoms with Crippen LogP contribution in [0.2, 0.25) is 0 Å².